The maximum Gasteiger partial charge on any atom is 0.410 e. The number of rotatable bonds is 6. The first-order valence-electron chi connectivity index (χ1n) is 18.7. The summed E-state index contributed by atoms with van der Waals surface area (Å²) in [5.74, 6) is 2.10. The summed E-state index contributed by atoms with van der Waals surface area (Å²) in [4.78, 5) is 16.3. The zero-order valence-corrected chi connectivity index (χ0v) is 29.4. The number of allylic oxidation sites excluding steroid dienone is 3. The molecule has 0 heterocycles. The molecule has 5 heteroatoms. The van der Waals surface area contributed by atoms with Gasteiger partial charge in [0.05, 0.1) is 18.2 Å². The summed E-state index contributed by atoms with van der Waals surface area (Å²) < 4.78 is 6.51. The maximum absolute atomic E-state index is 14.4. The highest BCUT2D eigenvalue weighted by Crippen LogP contribution is 2.66. The van der Waals surface area contributed by atoms with Crippen LogP contribution in [0.5, 0.6) is 0 Å². The summed E-state index contributed by atoms with van der Waals surface area (Å²) >= 11 is 0. The lowest BCUT2D eigenvalue weighted by atomic mass is 9.50. The molecule has 0 radical (unpaired) electrons. The Kier molecular flexibility index (Phi) is 8.65. The van der Waals surface area contributed by atoms with Gasteiger partial charge in [0.25, 0.3) is 0 Å². The van der Waals surface area contributed by atoms with Crippen LogP contribution in [0.2, 0.25) is 0 Å². The molecule has 1 amide bonds. The van der Waals surface area contributed by atoms with E-state index in [4.69, 9.17) is 4.74 Å². The van der Waals surface area contributed by atoms with Crippen molar-refractivity contribution in [2.75, 3.05) is 6.54 Å². The molecule has 0 bridgehead atoms. The van der Waals surface area contributed by atoms with E-state index in [-0.39, 0.29) is 41.6 Å². The molecule has 0 spiro atoms. The van der Waals surface area contributed by atoms with Crippen LogP contribution < -0.4 is 0 Å². The molecule has 5 aliphatic rings. The Morgan fingerprint density at radius 2 is 1.72 bits per heavy atom. The zero-order chi connectivity index (χ0) is 33.1. The number of hydrogen-bond donors (Lipinski definition) is 2. The van der Waals surface area contributed by atoms with Gasteiger partial charge in [-0.1, -0.05) is 107 Å². The Labute approximate surface area is 282 Å². The molecule has 2 aromatic carbocycles. The van der Waals surface area contributed by atoms with Crippen LogP contribution in [0.4, 0.5) is 4.79 Å². The minimum atomic E-state index is -1.02. The Balaban J connectivity index is 1.19. The molecule has 4 fully saturated rings. The largest absolute Gasteiger partial charge is 0.446 e. The monoisotopic (exact) mass is 639 g/mol. The van der Waals surface area contributed by atoms with Gasteiger partial charge >= 0.3 is 6.09 Å². The first kappa shape index (κ1) is 32.9. The van der Waals surface area contributed by atoms with Crippen LogP contribution in [-0.4, -0.2) is 45.6 Å². The van der Waals surface area contributed by atoms with Crippen LogP contribution in [0.3, 0.4) is 0 Å². The summed E-state index contributed by atoms with van der Waals surface area (Å²) in [5, 5.41) is 25.6. The molecular formula is C42H57NO4. The van der Waals surface area contributed by atoms with E-state index in [9.17, 15) is 15.0 Å². The highest BCUT2D eigenvalue weighted by atomic mass is 16.6. The third-order valence-electron chi connectivity index (χ3n) is 14.0. The minimum Gasteiger partial charge on any atom is -0.446 e. The van der Waals surface area contributed by atoms with E-state index in [2.05, 4.69) is 89.2 Å². The summed E-state index contributed by atoms with van der Waals surface area (Å²) in [7, 11) is 0. The van der Waals surface area contributed by atoms with E-state index in [0.717, 1.165) is 67.7 Å². The van der Waals surface area contributed by atoms with Gasteiger partial charge in [-0.2, -0.15) is 0 Å². The molecule has 2 aromatic rings. The van der Waals surface area contributed by atoms with Crippen LogP contribution in [-0.2, 0) is 11.3 Å². The molecule has 47 heavy (non-hydrogen) atoms. The maximum atomic E-state index is 14.4. The second-order valence-corrected chi connectivity index (χ2v) is 17.0. The highest BCUT2D eigenvalue weighted by molar-refractivity contribution is 5.86. The molecule has 5 aliphatic carbocycles. The van der Waals surface area contributed by atoms with Gasteiger partial charge in [0.1, 0.15) is 6.10 Å². The van der Waals surface area contributed by atoms with Gasteiger partial charge in [-0.15, -0.1) is 0 Å². The number of ether oxygens (including phenoxy) is 1. The van der Waals surface area contributed by atoms with Crippen LogP contribution >= 0.6 is 0 Å². The molecular weight excluding hydrogens is 582 g/mol. The van der Waals surface area contributed by atoms with Crippen LogP contribution in [0.25, 0.3) is 10.8 Å². The van der Waals surface area contributed by atoms with Crippen molar-refractivity contribution in [2.24, 2.45) is 40.4 Å². The average molecular weight is 640 g/mol. The number of carbonyl (C=O) groups excluding carboxylic acids is 1. The SMILES string of the molecule is CC1CCC(C(C)C)C(OC(=O)N(Cc2cccc3ccccc23)CC2(O)CCC3C4=CC=C5CC(O)CCC5(C)C4CCC32C)C1. The first-order chi connectivity index (χ1) is 22.4. The van der Waals surface area contributed by atoms with Crippen LogP contribution in [0.1, 0.15) is 104 Å². The number of benzene rings is 2. The fourth-order valence-electron chi connectivity index (χ4n) is 10.9. The molecule has 0 aromatic heterocycles. The van der Waals surface area contributed by atoms with E-state index >= 15 is 0 Å². The predicted octanol–water partition coefficient (Wildman–Crippen LogP) is 9.21. The van der Waals surface area contributed by atoms with Crippen molar-refractivity contribution in [1.82, 2.24) is 4.90 Å². The topological polar surface area (TPSA) is 70.0 Å². The third-order valence-corrected chi connectivity index (χ3v) is 14.0. The van der Waals surface area contributed by atoms with E-state index in [1.807, 2.05) is 4.90 Å². The average Bonchev–Trinajstić information content (AvgIpc) is 3.31. The Morgan fingerprint density at radius 1 is 0.957 bits per heavy atom. The van der Waals surface area contributed by atoms with Gasteiger partial charge in [0, 0.05) is 12.0 Å². The van der Waals surface area contributed by atoms with Gasteiger partial charge < -0.3 is 19.8 Å². The van der Waals surface area contributed by atoms with Gasteiger partial charge in [-0.3, -0.25) is 0 Å². The van der Waals surface area contributed by atoms with E-state index in [1.165, 1.54) is 17.6 Å². The lowest BCUT2D eigenvalue weighted by Crippen LogP contribution is -2.57. The number of aliphatic hydroxyl groups excluding tert-OH is 1. The van der Waals surface area contributed by atoms with E-state index < -0.39 is 5.60 Å². The number of hydrogen-bond acceptors (Lipinski definition) is 4. The van der Waals surface area contributed by atoms with Gasteiger partial charge in [0.15, 0.2) is 0 Å². The number of amides is 1. The molecule has 7 rings (SSSR count). The van der Waals surface area contributed by atoms with Crippen molar-refractivity contribution < 1.29 is 19.7 Å². The second-order valence-electron chi connectivity index (χ2n) is 17.0. The Morgan fingerprint density at radius 3 is 2.53 bits per heavy atom. The quantitative estimate of drug-likeness (QED) is 0.331. The molecule has 4 saturated carbocycles. The normalized spacial score (nSPS) is 38.2. The molecule has 0 aliphatic heterocycles. The standard InChI is InChI=1S/C42H57NO4/c1-27(2)33-15-13-28(3)23-38(33)47-39(45)43(25-30-11-8-10-29-9-6-7-12-34(29)30)26-42(46)22-19-37-35-16-14-31-24-32(44)17-20-40(31,4)36(35)18-21-41(37,42)5/h6-12,14,16,27-28,32-33,36-38,44,46H,13,15,17-26H2,1-5H3. The predicted molar refractivity (Wildman–Crippen MR) is 189 cm³/mol. The molecule has 2 N–H and O–H groups in total. The zero-order valence-electron chi connectivity index (χ0n) is 29.4. The minimum absolute atomic E-state index is 0.0959. The summed E-state index contributed by atoms with van der Waals surface area (Å²) in [6.07, 6.45) is 13.5. The third kappa shape index (κ3) is 5.67. The van der Waals surface area contributed by atoms with Crippen molar-refractivity contribution in [3.63, 3.8) is 0 Å². The number of fused-ring (bicyclic) bond motifs is 6. The van der Waals surface area contributed by atoms with Gasteiger partial charge in [-0.25, -0.2) is 4.79 Å². The molecule has 9 unspecified atom stereocenters. The smallest absolute Gasteiger partial charge is 0.410 e. The summed E-state index contributed by atoms with van der Waals surface area (Å²) in [6, 6.07) is 14.7. The molecule has 9 atom stereocenters. The molecule has 5 nitrogen and oxygen atoms in total. The van der Waals surface area contributed by atoms with Gasteiger partial charge in [0.2, 0.25) is 0 Å². The Bertz CT molecular complexity index is 1560. The second kappa shape index (κ2) is 12.4. The fraction of sp³-hybridized carbons (Fsp3) is 0.643. The number of nitrogens with zero attached hydrogens (tertiary/aromatic N) is 1. The van der Waals surface area contributed by atoms with Crippen LogP contribution in [0, 0.1) is 40.4 Å². The first-order valence-corrected chi connectivity index (χ1v) is 18.7. The van der Waals surface area contributed by atoms with Crippen molar-refractivity contribution in [3.05, 3.63) is 71.3 Å². The van der Waals surface area contributed by atoms with Crippen LogP contribution in [0.15, 0.2) is 65.8 Å². The fourth-order valence-corrected chi connectivity index (χ4v) is 10.9. The summed E-state index contributed by atoms with van der Waals surface area (Å²) in [5.41, 5.74) is 2.74. The van der Waals surface area contributed by atoms with Gasteiger partial charge in [-0.05, 0) is 109 Å². The van der Waals surface area contributed by atoms with Crippen molar-refractivity contribution in [2.45, 2.75) is 123 Å². The highest BCUT2D eigenvalue weighted by Gasteiger charge is 2.62. The van der Waals surface area contributed by atoms with Crippen molar-refractivity contribution >= 4 is 16.9 Å². The van der Waals surface area contributed by atoms with Crippen molar-refractivity contribution in [1.29, 1.82) is 0 Å². The number of carbonyl (C=O) groups is 1. The Hall–Kier alpha value is -2.63. The summed E-state index contributed by atoms with van der Waals surface area (Å²) in [6.45, 7) is 12.2. The lowest BCUT2D eigenvalue weighted by molar-refractivity contribution is -0.104. The van der Waals surface area contributed by atoms with Crippen molar-refractivity contribution in [3.8, 4) is 0 Å². The number of aliphatic hydroxyl groups is 2. The molecule has 254 valence electrons. The lowest BCUT2D eigenvalue weighted by Gasteiger charge is -2.56. The van der Waals surface area contributed by atoms with E-state index in [1.54, 1.807) is 0 Å². The molecule has 0 saturated heterocycles. The van der Waals surface area contributed by atoms with E-state index in [0.29, 0.717) is 36.6 Å².